The largest absolute Gasteiger partial charge is 0.481 e. The Kier molecular flexibility index (Phi) is 5.69. The van der Waals surface area contributed by atoms with E-state index in [1.807, 2.05) is 0 Å². The summed E-state index contributed by atoms with van der Waals surface area (Å²) >= 11 is 0. The van der Waals surface area contributed by atoms with Gasteiger partial charge in [-0.15, -0.1) is 0 Å². The molecule has 96 valence electrons. The number of carboxylic acid groups (broad SMARTS) is 1. The van der Waals surface area contributed by atoms with Crippen LogP contribution in [0.3, 0.4) is 0 Å². The average Bonchev–Trinajstić information content (AvgIpc) is 2.73. The summed E-state index contributed by atoms with van der Waals surface area (Å²) in [6, 6.07) is -0.127. The lowest BCUT2D eigenvalue weighted by Gasteiger charge is -2.11. The van der Waals surface area contributed by atoms with Crippen molar-refractivity contribution in [2.45, 2.75) is 38.1 Å². The number of amides is 1. The molecule has 0 fully saturated rings. The molecule has 17 heavy (non-hydrogen) atoms. The van der Waals surface area contributed by atoms with E-state index < -0.39 is 11.9 Å². The number of carboxylic acids is 1. The minimum atomic E-state index is -0.832. The zero-order valence-corrected chi connectivity index (χ0v) is 9.89. The van der Waals surface area contributed by atoms with Gasteiger partial charge in [0.2, 0.25) is 5.91 Å². The molecule has 4 N–H and O–H groups in total. The van der Waals surface area contributed by atoms with Crippen molar-refractivity contribution < 1.29 is 14.7 Å². The first-order chi connectivity index (χ1) is 8.13. The number of unbranched alkanes of at least 4 members (excludes halogenated alkanes) is 2. The highest BCUT2D eigenvalue weighted by atomic mass is 16.4. The second-order valence-corrected chi connectivity index (χ2v) is 4.34. The van der Waals surface area contributed by atoms with Crippen LogP contribution < -0.4 is 11.1 Å². The molecule has 0 aliphatic heterocycles. The second-order valence-electron chi connectivity index (χ2n) is 4.34. The molecule has 2 unspecified atom stereocenters. The van der Waals surface area contributed by atoms with Crippen LogP contribution in [0.2, 0.25) is 0 Å². The molecule has 2 atom stereocenters. The van der Waals surface area contributed by atoms with Gasteiger partial charge in [0, 0.05) is 12.5 Å². The van der Waals surface area contributed by atoms with E-state index in [2.05, 4.69) is 5.32 Å². The lowest BCUT2D eigenvalue weighted by molar-refractivity contribution is -0.140. The molecular weight excluding hydrogens is 220 g/mol. The van der Waals surface area contributed by atoms with E-state index in [1.165, 1.54) is 0 Å². The minimum Gasteiger partial charge on any atom is -0.481 e. The third kappa shape index (κ3) is 4.99. The maximum Gasteiger partial charge on any atom is 0.310 e. The Morgan fingerprint density at radius 3 is 2.65 bits per heavy atom. The third-order valence-corrected chi connectivity index (χ3v) is 2.86. The SMILES string of the molecule is NCCCCCC(=O)NC1C=CC(C(=O)O)C1. The van der Waals surface area contributed by atoms with E-state index in [0.717, 1.165) is 19.3 Å². The molecule has 1 aliphatic carbocycles. The summed E-state index contributed by atoms with van der Waals surface area (Å²) in [6.07, 6.45) is 7.09. The molecule has 1 aliphatic rings. The van der Waals surface area contributed by atoms with Crippen molar-refractivity contribution in [3.63, 3.8) is 0 Å². The van der Waals surface area contributed by atoms with Crippen LogP contribution in [-0.4, -0.2) is 29.6 Å². The minimum absolute atomic E-state index is 0.0114. The zero-order valence-electron chi connectivity index (χ0n) is 9.89. The number of carbonyl (C=O) groups excluding carboxylic acids is 1. The van der Waals surface area contributed by atoms with E-state index in [4.69, 9.17) is 10.8 Å². The summed E-state index contributed by atoms with van der Waals surface area (Å²) < 4.78 is 0. The average molecular weight is 240 g/mol. The molecule has 0 spiro atoms. The topological polar surface area (TPSA) is 92.4 Å². The van der Waals surface area contributed by atoms with Gasteiger partial charge in [-0.1, -0.05) is 18.6 Å². The summed E-state index contributed by atoms with van der Waals surface area (Å²) in [5.74, 6) is -1.30. The van der Waals surface area contributed by atoms with Crippen molar-refractivity contribution in [2.75, 3.05) is 6.54 Å². The molecule has 0 aromatic heterocycles. The van der Waals surface area contributed by atoms with Crippen LogP contribution in [0.4, 0.5) is 0 Å². The molecule has 0 saturated heterocycles. The van der Waals surface area contributed by atoms with Gasteiger partial charge in [-0.05, 0) is 25.8 Å². The molecule has 0 heterocycles. The normalized spacial score (nSPS) is 22.6. The fourth-order valence-corrected chi connectivity index (χ4v) is 1.87. The molecule has 0 aromatic carbocycles. The number of aliphatic carboxylic acids is 1. The summed E-state index contributed by atoms with van der Waals surface area (Å²) in [7, 11) is 0. The van der Waals surface area contributed by atoms with Gasteiger partial charge in [-0.2, -0.15) is 0 Å². The van der Waals surface area contributed by atoms with Crippen LogP contribution in [0.5, 0.6) is 0 Å². The van der Waals surface area contributed by atoms with Gasteiger partial charge in [-0.25, -0.2) is 0 Å². The summed E-state index contributed by atoms with van der Waals surface area (Å²) in [4.78, 5) is 22.2. The molecule has 5 heteroatoms. The fraction of sp³-hybridized carbons (Fsp3) is 0.667. The first-order valence-corrected chi connectivity index (χ1v) is 6.04. The van der Waals surface area contributed by atoms with Gasteiger partial charge in [0.1, 0.15) is 0 Å². The number of nitrogens with one attached hydrogen (secondary N) is 1. The number of hydrogen-bond acceptors (Lipinski definition) is 3. The zero-order chi connectivity index (χ0) is 12.7. The standard InChI is InChI=1S/C12H20N2O3/c13-7-3-1-2-4-11(15)14-10-6-5-9(8-10)12(16)17/h5-6,9-10H,1-4,7-8,13H2,(H,14,15)(H,16,17). The van der Waals surface area contributed by atoms with Crippen LogP contribution in [0.1, 0.15) is 32.1 Å². The van der Waals surface area contributed by atoms with Gasteiger partial charge < -0.3 is 16.2 Å². The Labute approximate surface area is 101 Å². The van der Waals surface area contributed by atoms with Gasteiger partial charge in [0.25, 0.3) is 0 Å². The summed E-state index contributed by atoms with van der Waals surface area (Å²) in [6.45, 7) is 0.660. The van der Waals surface area contributed by atoms with Crippen molar-refractivity contribution in [1.82, 2.24) is 5.32 Å². The molecule has 1 rings (SSSR count). The highest BCUT2D eigenvalue weighted by Crippen LogP contribution is 2.18. The lowest BCUT2D eigenvalue weighted by atomic mass is 10.1. The van der Waals surface area contributed by atoms with Crippen molar-refractivity contribution in [3.8, 4) is 0 Å². The van der Waals surface area contributed by atoms with Gasteiger partial charge in [-0.3, -0.25) is 9.59 Å². The van der Waals surface area contributed by atoms with Gasteiger partial charge in [0.05, 0.1) is 5.92 Å². The van der Waals surface area contributed by atoms with Crippen LogP contribution in [0, 0.1) is 5.92 Å². The maximum atomic E-state index is 11.5. The maximum absolute atomic E-state index is 11.5. The number of nitrogens with two attached hydrogens (primary N) is 1. The molecular formula is C12H20N2O3. The first kappa shape index (κ1) is 13.7. The van der Waals surface area contributed by atoms with Crippen LogP contribution in [0.25, 0.3) is 0 Å². The van der Waals surface area contributed by atoms with Crippen LogP contribution >= 0.6 is 0 Å². The fourth-order valence-electron chi connectivity index (χ4n) is 1.87. The molecule has 1 amide bonds. The van der Waals surface area contributed by atoms with Gasteiger partial charge in [0.15, 0.2) is 0 Å². The van der Waals surface area contributed by atoms with Gasteiger partial charge >= 0.3 is 5.97 Å². The highest BCUT2D eigenvalue weighted by Gasteiger charge is 2.24. The van der Waals surface area contributed by atoms with Crippen LogP contribution in [0.15, 0.2) is 12.2 Å². The Morgan fingerprint density at radius 2 is 2.06 bits per heavy atom. The second kappa shape index (κ2) is 7.06. The highest BCUT2D eigenvalue weighted by molar-refractivity contribution is 5.77. The molecule has 0 aromatic rings. The van der Waals surface area contributed by atoms with Crippen LogP contribution in [-0.2, 0) is 9.59 Å². The Balaban J connectivity index is 2.16. The lowest BCUT2D eigenvalue weighted by Crippen LogP contribution is -2.33. The number of hydrogen-bond donors (Lipinski definition) is 3. The Bertz CT molecular complexity index is 302. The summed E-state index contributed by atoms with van der Waals surface area (Å²) in [5, 5.41) is 11.6. The van der Waals surface area contributed by atoms with Crippen molar-refractivity contribution in [2.24, 2.45) is 11.7 Å². The molecule has 0 radical (unpaired) electrons. The first-order valence-electron chi connectivity index (χ1n) is 6.04. The molecule has 5 nitrogen and oxygen atoms in total. The molecule has 0 saturated carbocycles. The van der Waals surface area contributed by atoms with E-state index in [-0.39, 0.29) is 11.9 Å². The van der Waals surface area contributed by atoms with E-state index in [0.29, 0.717) is 19.4 Å². The monoisotopic (exact) mass is 240 g/mol. The third-order valence-electron chi connectivity index (χ3n) is 2.86. The Hall–Kier alpha value is -1.36. The van der Waals surface area contributed by atoms with Crippen molar-refractivity contribution in [1.29, 1.82) is 0 Å². The van der Waals surface area contributed by atoms with E-state index in [9.17, 15) is 9.59 Å². The predicted molar refractivity (Wildman–Crippen MR) is 64.3 cm³/mol. The quantitative estimate of drug-likeness (QED) is 0.450. The Morgan fingerprint density at radius 1 is 1.29 bits per heavy atom. The molecule has 0 bridgehead atoms. The van der Waals surface area contributed by atoms with E-state index >= 15 is 0 Å². The van der Waals surface area contributed by atoms with E-state index in [1.54, 1.807) is 12.2 Å². The predicted octanol–water partition coefficient (Wildman–Crippen LogP) is 0.651. The summed E-state index contributed by atoms with van der Waals surface area (Å²) in [5.41, 5.74) is 5.36. The van der Waals surface area contributed by atoms with Crippen molar-refractivity contribution in [3.05, 3.63) is 12.2 Å². The number of rotatable bonds is 7. The van der Waals surface area contributed by atoms with Crippen molar-refractivity contribution >= 4 is 11.9 Å². The smallest absolute Gasteiger partial charge is 0.310 e. The number of carbonyl (C=O) groups is 2.